The second-order valence-electron chi connectivity index (χ2n) is 4.80. The molecule has 0 unspecified atom stereocenters. The van der Waals surface area contributed by atoms with Gasteiger partial charge >= 0.3 is 5.97 Å². The normalized spacial score (nSPS) is 15.6. The van der Waals surface area contributed by atoms with E-state index in [4.69, 9.17) is 15.6 Å². The minimum Gasteiger partial charge on any atom is -0.494 e. The van der Waals surface area contributed by atoms with Crippen LogP contribution in [-0.2, 0) is 0 Å². The maximum Gasteiger partial charge on any atom is 0.337 e. The molecular formula is C14H20N2O3. The minimum atomic E-state index is -1.03. The fourth-order valence-electron chi connectivity index (χ4n) is 2.29. The molecule has 5 heteroatoms. The predicted molar refractivity (Wildman–Crippen MR) is 73.6 cm³/mol. The summed E-state index contributed by atoms with van der Waals surface area (Å²) in [4.78, 5) is 13.4. The largest absolute Gasteiger partial charge is 0.494 e. The number of nitrogens with zero attached hydrogens (tertiary/aromatic N) is 1. The highest BCUT2D eigenvalue weighted by Gasteiger charge is 2.11. The Morgan fingerprint density at radius 1 is 1.37 bits per heavy atom. The van der Waals surface area contributed by atoms with Crippen LogP contribution in [0.5, 0.6) is 5.75 Å². The number of hydrogen-bond acceptors (Lipinski definition) is 4. The highest BCUT2D eigenvalue weighted by Crippen LogP contribution is 2.20. The molecule has 1 aliphatic heterocycles. The summed E-state index contributed by atoms with van der Waals surface area (Å²) in [6.07, 6.45) is 3.54. The van der Waals surface area contributed by atoms with Gasteiger partial charge in [0.25, 0.3) is 0 Å². The molecule has 1 heterocycles. The lowest BCUT2D eigenvalue weighted by Gasteiger charge is -2.14. The molecule has 0 bridgehead atoms. The van der Waals surface area contributed by atoms with Gasteiger partial charge in [0, 0.05) is 12.2 Å². The molecule has 104 valence electrons. The van der Waals surface area contributed by atoms with Gasteiger partial charge in [0.2, 0.25) is 0 Å². The van der Waals surface area contributed by atoms with Gasteiger partial charge in [-0.15, -0.1) is 0 Å². The Morgan fingerprint density at radius 3 is 2.79 bits per heavy atom. The molecule has 0 amide bonds. The van der Waals surface area contributed by atoms with Crippen molar-refractivity contribution >= 4 is 11.7 Å². The summed E-state index contributed by atoms with van der Waals surface area (Å²) in [6.45, 7) is 4.01. The first-order chi connectivity index (χ1) is 9.16. The zero-order chi connectivity index (χ0) is 13.7. The zero-order valence-corrected chi connectivity index (χ0v) is 11.0. The third-order valence-corrected chi connectivity index (χ3v) is 3.34. The van der Waals surface area contributed by atoms with Crippen molar-refractivity contribution in [1.29, 1.82) is 0 Å². The third-order valence-electron chi connectivity index (χ3n) is 3.34. The van der Waals surface area contributed by atoms with Crippen molar-refractivity contribution in [2.75, 3.05) is 32.0 Å². The lowest BCUT2D eigenvalue weighted by atomic mass is 10.2. The smallest absolute Gasteiger partial charge is 0.337 e. The molecule has 1 saturated heterocycles. The van der Waals surface area contributed by atoms with Crippen molar-refractivity contribution in [3.63, 3.8) is 0 Å². The van der Waals surface area contributed by atoms with E-state index < -0.39 is 5.97 Å². The number of benzene rings is 1. The molecule has 3 N–H and O–H groups in total. The van der Waals surface area contributed by atoms with Crippen LogP contribution in [0.15, 0.2) is 18.2 Å². The average Bonchev–Trinajstić information content (AvgIpc) is 2.89. The molecule has 2 rings (SSSR count). The summed E-state index contributed by atoms with van der Waals surface area (Å²) in [5.74, 6) is -0.465. The van der Waals surface area contributed by atoms with E-state index in [1.54, 1.807) is 12.1 Å². The van der Waals surface area contributed by atoms with E-state index in [0.29, 0.717) is 12.4 Å². The summed E-state index contributed by atoms with van der Waals surface area (Å²) in [5, 5.41) is 8.96. The quantitative estimate of drug-likeness (QED) is 0.605. The first-order valence-corrected chi connectivity index (χ1v) is 6.65. The van der Waals surface area contributed by atoms with Gasteiger partial charge in [-0.25, -0.2) is 4.79 Å². The summed E-state index contributed by atoms with van der Waals surface area (Å²) in [6, 6.07) is 4.75. The molecule has 0 aliphatic carbocycles. The highest BCUT2D eigenvalue weighted by atomic mass is 16.5. The van der Waals surface area contributed by atoms with Gasteiger partial charge in [0.1, 0.15) is 5.75 Å². The highest BCUT2D eigenvalue weighted by molar-refractivity contribution is 5.94. The van der Waals surface area contributed by atoms with Crippen molar-refractivity contribution in [2.24, 2.45) is 0 Å². The van der Waals surface area contributed by atoms with Crippen LogP contribution in [0.4, 0.5) is 5.69 Å². The number of carboxylic acids is 1. The van der Waals surface area contributed by atoms with E-state index in [1.807, 2.05) is 0 Å². The number of aromatic carboxylic acids is 1. The van der Waals surface area contributed by atoms with Crippen molar-refractivity contribution in [1.82, 2.24) is 4.90 Å². The maximum absolute atomic E-state index is 10.9. The van der Waals surface area contributed by atoms with Crippen LogP contribution in [0.1, 0.15) is 29.6 Å². The monoisotopic (exact) mass is 264 g/mol. The topological polar surface area (TPSA) is 75.8 Å². The predicted octanol–water partition coefficient (Wildman–Crippen LogP) is 1.83. The molecule has 1 aromatic rings. The van der Waals surface area contributed by atoms with Gasteiger partial charge in [-0.1, -0.05) is 0 Å². The molecule has 0 saturated carbocycles. The molecule has 0 spiro atoms. The molecule has 0 atom stereocenters. The summed E-state index contributed by atoms with van der Waals surface area (Å²) >= 11 is 0. The van der Waals surface area contributed by atoms with Crippen molar-refractivity contribution in [3.8, 4) is 5.75 Å². The van der Waals surface area contributed by atoms with E-state index in [1.165, 1.54) is 32.0 Å². The average molecular weight is 264 g/mol. The van der Waals surface area contributed by atoms with Crippen LogP contribution in [0.2, 0.25) is 0 Å². The van der Waals surface area contributed by atoms with Crippen LogP contribution in [0.25, 0.3) is 0 Å². The fourth-order valence-corrected chi connectivity index (χ4v) is 2.29. The number of nitrogens with two attached hydrogens (primary N) is 1. The number of nitrogen functional groups attached to an aromatic ring is 1. The number of likely N-dealkylation sites (tertiary alicyclic amines) is 1. The molecule has 1 aliphatic rings. The van der Waals surface area contributed by atoms with Gasteiger partial charge in [0.05, 0.1) is 12.2 Å². The lowest BCUT2D eigenvalue weighted by Crippen LogP contribution is -2.21. The van der Waals surface area contributed by atoms with Crippen molar-refractivity contribution < 1.29 is 14.6 Å². The first kappa shape index (κ1) is 13.7. The summed E-state index contributed by atoms with van der Waals surface area (Å²) < 4.78 is 5.57. The third kappa shape index (κ3) is 3.86. The molecule has 1 fully saturated rings. The molecule has 5 nitrogen and oxygen atoms in total. The molecule has 0 radical (unpaired) electrons. The number of rotatable bonds is 6. The number of carboxylic acid groups (broad SMARTS) is 1. The van der Waals surface area contributed by atoms with E-state index in [2.05, 4.69) is 4.90 Å². The van der Waals surface area contributed by atoms with E-state index in [-0.39, 0.29) is 11.3 Å². The maximum atomic E-state index is 10.9. The Morgan fingerprint density at radius 2 is 2.11 bits per heavy atom. The molecule has 0 aromatic heterocycles. The summed E-state index contributed by atoms with van der Waals surface area (Å²) in [7, 11) is 0. The van der Waals surface area contributed by atoms with Crippen molar-refractivity contribution in [2.45, 2.75) is 19.3 Å². The Balaban J connectivity index is 1.79. The van der Waals surface area contributed by atoms with Crippen LogP contribution < -0.4 is 10.5 Å². The number of anilines is 1. The molecule has 1 aromatic carbocycles. The van der Waals surface area contributed by atoms with Crippen LogP contribution in [0, 0.1) is 0 Å². The SMILES string of the molecule is Nc1ccc(OCCCN2CCCC2)cc1C(=O)O. The fraction of sp³-hybridized carbons (Fsp3) is 0.500. The summed E-state index contributed by atoms with van der Waals surface area (Å²) in [5.41, 5.74) is 5.94. The molecule has 19 heavy (non-hydrogen) atoms. The van der Waals surface area contributed by atoms with Crippen LogP contribution >= 0.6 is 0 Å². The number of ether oxygens (including phenoxy) is 1. The second-order valence-corrected chi connectivity index (χ2v) is 4.80. The van der Waals surface area contributed by atoms with E-state index >= 15 is 0 Å². The lowest BCUT2D eigenvalue weighted by molar-refractivity contribution is 0.0697. The Hall–Kier alpha value is -1.75. The van der Waals surface area contributed by atoms with Crippen LogP contribution in [0.3, 0.4) is 0 Å². The number of carbonyl (C=O) groups is 1. The van der Waals surface area contributed by atoms with Gasteiger partial charge in [-0.3, -0.25) is 0 Å². The van der Waals surface area contributed by atoms with Crippen molar-refractivity contribution in [3.05, 3.63) is 23.8 Å². The molecular weight excluding hydrogens is 244 g/mol. The van der Waals surface area contributed by atoms with E-state index in [9.17, 15) is 4.79 Å². The zero-order valence-electron chi connectivity index (χ0n) is 11.0. The Bertz CT molecular complexity index is 442. The van der Waals surface area contributed by atoms with E-state index in [0.717, 1.165) is 13.0 Å². The Labute approximate surface area is 113 Å². The van der Waals surface area contributed by atoms with Gasteiger partial charge in [0.15, 0.2) is 0 Å². The van der Waals surface area contributed by atoms with Gasteiger partial charge in [-0.2, -0.15) is 0 Å². The standard InChI is InChI=1S/C14H20N2O3/c15-13-5-4-11(10-12(13)14(17)18)19-9-3-8-16-6-1-2-7-16/h4-5,10H,1-3,6-9,15H2,(H,17,18). The minimum absolute atomic E-state index is 0.0945. The second kappa shape index (κ2) is 6.43. The van der Waals surface area contributed by atoms with Gasteiger partial charge < -0.3 is 20.5 Å². The Kier molecular flexibility index (Phi) is 4.63. The van der Waals surface area contributed by atoms with Crippen LogP contribution in [-0.4, -0.2) is 42.2 Å². The number of hydrogen-bond donors (Lipinski definition) is 2. The van der Waals surface area contributed by atoms with Gasteiger partial charge in [-0.05, 0) is 50.6 Å². The first-order valence-electron chi connectivity index (χ1n) is 6.65.